The third kappa shape index (κ3) is 5.05. The first-order valence-electron chi connectivity index (χ1n) is 11.0. The van der Waals surface area contributed by atoms with Crippen LogP contribution in [0.2, 0.25) is 4.31 Å². The number of likely N-dealkylation sites (tertiary alicyclic amines) is 1. The summed E-state index contributed by atoms with van der Waals surface area (Å²) in [7, 11) is 1.92. The maximum absolute atomic E-state index is 14.2. The molecule has 1 aliphatic heterocycles. The van der Waals surface area contributed by atoms with Crippen LogP contribution >= 0.6 is 0 Å². The molecule has 2 amide bonds. The van der Waals surface area contributed by atoms with Crippen molar-refractivity contribution in [2.45, 2.75) is 43.0 Å². The van der Waals surface area contributed by atoms with E-state index in [9.17, 15) is 9.59 Å². The van der Waals surface area contributed by atoms with Gasteiger partial charge in [-0.1, -0.05) is 0 Å². The Kier molecular flexibility index (Phi) is 6.46. The van der Waals surface area contributed by atoms with Gasteiger partial charge >= 0.3 is 201 Å². The molecule has 6 nitrogen and oxygen atoms in total. The van der Waals surface area contributed by atoms with E-state index >= 15 is 0 Å². The number of imidazole rings is 1. The summed E-state index contributed by atoms with van der Waals surface area (Å²) >= 11 is -0.250. The van der Waals surface area contributed by atoms with Crippen LogP contribution in [-0.2, 0) is 23.0 Å². The molecule has 0 N–H and O–H groups in total. The fourth-order valence-electron chi connectivity index (χ4n) is 4.16. The zero-order chi connectivity index (χ0) is 23.6. The van der Waals surface area contributed by atoms with Crippen molar-refractivity contribution < 1.29 is 14.3 Å². The Morgan fingerprint density at radius 3 is 2.33 bits per heavy atom. The summed E-state index contributed by atoms with van der Waals surface area (Å²) < 4.78 is 7.82. The van der Waals surface area contributed by atoms with Gasteiger partial charge in [-0.3, -0.25) is 0 Å². The molecule has 4 rings (SSSR count). The van der Waals surface area contributed by atoms with E-state index in [1.54, 1.807) is 6.33 Å². The number of amides is 2. The second-order valence-electron chi connectivity index (χ2n) is 9.38. The Hall–Kier alpha value is -2.89. The maximum atomic E-state index is 14.2. The quantitative estimate of drug-likeness (QED) is 0.491. The number of carbonyl (C=O) groups excluding carboxylic acids is 2. The number of aromatic nitrogens is 2. The van der Waals surface area contributed by atoms with E-state index in [0.717, 1.165) is 15.7 Å². The van der Waals surface area contributed by atoms with E-state index in [4.69, 9.17) is 4.74 Å². The summed E-state index contributed by atoms with van der Waals surface area (Å²) in [5.41, 5.74) is 1.20. The van der Waals surface area contributed by atoms with E-state index < -0.39 is 16.0 Å². The normalized spacial score (nSPS) is 20.8. The fourth-order valence-corrected chi connectivity index (χ4v) is 7.28. The number of carbonyl (C=O) groups is 2. The molecule has 1 aromatic heterocycles. The van der Waals surface area contributed by atoms with E-state index in [2.05, 4.69) is 17.1 Å². The molecule has 0 spiro atoms. The minimum absolute atomic E-state index is 0.180. The van der Waals surface area contributed by atoms with E-state index in [1.165, 1.54) is 4.90 Å². The molecule has 2 heterocycles. The van der Waals surface area contributed by atoms with Gasteiger partial charge in [-0.25, -0.2) is 0 Å². The van der Waals surface area contributed by atoms with Crippen LogP contribution in [0.4, 0.5) is 4.79 Å². The molecule has 172 valence electrons. The minimum atomic E-state index is -0.805. The Labute approximate surface area is 201 Å². The zero-order valence-electron chi connectivity index (χ0n) is 19.4. The van der Waals surface area contributed by atoms with Gasteiger partial charge in [-0.05, 0) is 0 Å². The molecule has 3 aromatic rings. The van der Waals surface area contributed by atoms with Crippen molar-refractivity contribution in [3.05, 3.63) is 84.4 Å². The number of aryl methyl sites for hydroxylation is 1. The molecule has 2 aromatic carbocycles. The van der Waals surface area contributed by atoms with Crippen molar-refractivity contribution in [2.75, 3.05) is 6.54 Å². The van der Waals surface area contributed by atoms with Gasteiger partial charge in [-0.2, -0.15) is 0 Å². The monoisotopic (exact) mass is 511 g/mol. The predicted octanol–water partition coefficient (Wildman–Crippen LogP) is 3.71. The molecule has 0 radical (unpaired) electrons. The van der Waals surface area contributed by atoms with Gasteiger partial charge in [0.15, 0.2) is 0 Å². The van der Waals surface area contributed by atoms with Crippen LogP contribution in [0, 0.1) is 0 Å². The summed E-state index contributed by atoms with van der Waals surface area (Å²) in [6.07, 6.45) is 3.64. The molecule has 1 fully saturated rings. The van der Waals surface area contributed by atoms with Crippen molar-refractivity contribution >= 4 is 31.4 Å². The number of hydrogen-bond acceptors (Lipinski definition) is 4. The number of rotatable bonds is 5. The topological polar surface area (TPSA) is 64.4 Å². The molecule has 1 aliphatic rings. The van der Waals surface area contributed by atoms with Crippen molar-refractivity contribution in [3.63, 3.8) is 0 Å². The Morgan fingerprint density at radius 2 is 1.76 bits per heavy atom. The standard InChI is InChI=1S/C26H29N3O3Se/c1-25(2,3)32-24(31)29-16-21(22-17-28(4)18-27-22)26(23(29)30,15-19-11-7-5-8-12-19)33-20-13-9-6-10-14-20/h5-14,17-18,21H,15-16H2,1-4H3/t21-,26+/m0/s1. The van der Waals surface area contributed by atoms with Crippen LogP contribution in [0.5, 0.6) is 0 Å². The van der Waals surface area contributed by atoms with Crippen LogP contribution in [-0.4, -0.2) is 53.6 Å². The molecule has 0 aliphatic carbocycles. The number of ether oxygens (including phenoxy) is 1. The van der Waals surface area contributed by atoms with Crippen molar-refractivity contribution in [3.8, 4) is 0 Å². The second kappa shape index (κ2) is 9.16. The Morgan fingerprint density at radius 1 is 1.12 bits per heavy atom. The van der Waals surface area contributed by atoms with Crippen LogP contribution in [0.15, 0.2) is 73.2 Å². The molecule has 0 bridgehead atoms. The summed E-state index contributed by atoms with van der Waals surface area (Å²) in [5, 5.41) is 0. The van der Waals surface area contributed by atoms with Crippen LogP contribution in [0.3, 0.4) is 0 Å². The van der Waals surface area contributed by atoms with Gasteiger partial charge in [0.1, 0.15) is 0 Å². The first-order valence-corrected chi connectivity index (χ1v) is 12.7. The van der Waals surface area contributed by atoms with Gasteiger partial charge in [0, 0.05) is 0 Å². The molecular weight excluding hydrogens is 481 g/mol. The molecule has 33 heavy (non-hydrogen) atoms. The average Bonchev–Trinajstić information content (AvgIpc) is 3.30. The average molecular weight is 510 g/mol. The fraction of sp³-hybridized carbons (Fsp3) is 0.346. The van der Waals surface area contributed by atoms with Crippen molar-refractivity contribution in [1.29, 1.82) is 0 Å². The molecule has 7 heteroatoms. The number of benzene rings is 2. The molecule has 1 saturated heterocycles. The first-order chi connectivity index (χ1) is 15.7. The van der Waals surface area contributed by atoms with Gasteiger partial charge in [0.25, 0.3) is 0 Å². The van der Waals surface area contributed by atoms with Crippen LogP contribution in [0.1, 0.15) is 37.9 Å². The van der Waals surface area contributed by atoms with Gasteiger partial charge in [0.2, 0.25) is 0 Å². The number of hydrogen-bond donors (Lipinski definition) is 0. The summed E-state index contributed by atoms with van der Waals surface area (Å²) in [4.78, 5) is 33.2. The molecular formula is C26H29N3O3Se. The third-order valence-electron chi connectivity index (χ3n) is 5.58. The van der Waals surface area contributed by atoms with Gasteiger partial charge in [0.05, 0.1) is 0 Å². The Balaban J connectivity index is 1.82. The summed E-state index contributed by atoms with van der Waals surface area (Å²) in [5.74, 6) is -0.417. The van der Waals surface area contributed by atoms with Crippen LogP contribution < -0.4 is 4.46 Å². The van der Waals surface area contributed by atoms with Gasteiger partial charge in [-0.15, -0.1) is 0 Å². The van der Waals surface area contributed by atoms with Gasteiger partial charge < -0.3 is 0 Å². The number of imide groups is 1. The van der Waals surface area contributed by atoms with E-state index in [1.807, 2.05) is 87.1 Å². The van der Waals surface area contributed by atoms with E-state index in [-0.39, 0.29) is 33.3 Å². The molecule has 0 unspecified atom stereocenters. The second-order valence-corrected chi connectivity index (χ2v) is 12.3. The molecule has 2 atom stereocenters. The third-order valence-corrected chi connectivity index (χ3v) is 8.68. The molecule has 0 saturated carbocycles. The summed E-state index contributed by atoms with van der Waals surface area (Å²) in [6.45, 7) is 5.69. The predicted molar refractivity (Wildman–Crippen MR) is 129 cm³/mol. The SMILES string of the molecule is Cn1cnc([C@@H]2CN(C(=O)OC(C)(C)C)C(=O)[C@]2(Cc2ccccc2)[Se]c2ccccc2)c1. The Bertz CT molecular complexity index is 1080. The summed E-state index contributed by atoms with van der Waals surface area (Å²) in [6, 6.07) is 20.1. The first kappa shape index (κ1) is 23.3. The van der Waals surface area contributed by atoms with Crippen molar-refractivity contribution in [2.24, 2.45) is 7.05 Å². The van der Waals surface area contributed by atoms with E-state index in [0.29, 0.717) is 6.42 Å². The van der Waals surface area contributed by atoms with Crippen molar-refractivity contribution in [1.82, 2.24) is 14.5 Å². The number of nitrogens with zero attached hydrogens (tertiary/aromatic N) is 3. The van der Waals surface area contributed by atoms with Crippen LogP contribution in [0.25, 0.3) is 0 Å². The zero-order valence-corrected chi connectivity index (χ0v) is 21.1.